The van der Waals surface area contributed by atoms with Gasteiger partial charge in [-0.1, -0.05) is 23.4 Å². The van der Waals surface area contributed by atoms with Gasteiger partial charge in [-0.15, -0.1) is 0 Å². The number of aliphatic hydroxyl groups is 4. The molecule has 4 rings (SSSR count). The Hall–Kier alpha value is -5.04. The van der Waals surface area contributed by atoms with Crippen molar-refractivity contribution in [2.45, 2.75) is 29.4 Å². The van der Waals surface area contributed by atoms with Crippen LogP contribution in [0.3, 0.4) is 0 Å². The molecule has 2 heterocycles. The van der Waals surface area contributed by atoms with E-state index in [-0.39, 0.29) is 51.3 Å². The number of halogens is 2. The third-order valence-electron chi connectivity index (χ3n) is 7.48. The van der Waals surface area contributed by atoms with Crippen LogP contribution in [0.1, 0.15) is 20.7 Å². The number of carbonyl (C=O) groups is 3. The zero-order valence-corrected chi connectivity index (χ0v) is 30.1. The highest BCUT2D eigenvalue weighted by atomic mass is 35.5. The fourth-order valence-electron chi connectivity index (χ4n) is 4.66. The topological polar surface area (TPSA) is 219 Å². The molecular weight excluding hydrogens is 739 g/mol. The third kappa shape index (κ3) is 11.2. The van der Waals surface area contributed by atoms with E-state index >= 15 is 0 Å². The molecule has 0 fully saturated rings. The first-order chi connectivity index (χ1) is 25.3. The average molecular weight is 775 g/mol. The van der Waals surface area contributed by atoms with Gasteiger partial charge in [0, 0.05) is 36.3 Å². The Kier molecular flexibility index (Phi) is 14.7. The number of ether oxygens (including phenoxy) is 4. The van der Waals surface area contributed by atoms with Crippen LogP contribution in [0.5, 0.6) is 11.5 Å². The van der Waals surface area contributed by atoms with E-state index in [1.54, 1.807) is 6.07 Å². The largest absolute Gasteiger partial charge is 0.494 e. The van der Waals surface area contributed by atoms with E-state index in [2.05, 4.69) is 30.1 Å². The molecule has 0 saturated heterocycles. The number of rotatable bonds is 17. The van der Waals surface area contributed by atoms with Gasteiger partial charge in [-0.2, -0.15) is 0 Å². The number of amides is 1. The van der Waals surface area contributed by atoms with E-state index in [9.17, 15) is 39.2 Å². The lowest BCUT2D eigenvalue weighted by Gasteiger charge is -2.27. The predicted octanol–water partition coefficient (Wildman–Crippen LogP) is 3.18. The minimum Gasteiger partial charge on any atom is -0.494 e. The van der Waals surface area contributed by atoms with Crippen LogP contribution >= 0.6 is 23.4 Å². The number of aromatic nitrogens is 2. The maximum absolute atomic E-state index is 14.4. The maximum Gasteiger partial charge on any atom is 0.339 e. The van der Waals surface area contributed by atoms with Gasteiger partial charge in [0.1, 0.15) is 42.2 Å². The first kappa shape index (κ1) is 40.7. The lowest BCUT2D eigenvalue weighted by Crippen LogP contribution is -2.48. The Morgan fingerprint density at radius 3 is 2.11 bits per heavy atom. The zero-order chi connectivity index (χ0) is 38.7. The molecule has 0 aliphatic rings. The SMILES string of the molecule is COC(=O)c1ccc(SCC(=O)Nc2cc(Cl)c(OC[C@@H](O)[C@@H](O)[C@H](O)[C@H](O)CNc3cc(F)cc(-c4ccc(C(=O)OC)cn4)c3)cc2OC)nc1. The van der Waals surface area contributed by atoms with Gasteiger partial charge in [-0.25, -0.2) is 19.0 Å². The fourth-order valence-corrected chi connectivity index (χ4v) is 5.52. The smallest absolute Gasteiger partial charge is 0.339 e. The zero-order valence-electron chi connectivity index (χ0n) is 28.5. The highest BCUT2D eigenvalue weighted by molar-refractivity contribution is 7.99. The van der Waals surface area contributed by atoms with E-state index in [4.69, 9.17) is 21.1 Å². The van der Waals surface area contributed by atoms with Gasteiger partial charge in [0.05, 0.1) is 65.7 Å². The molecule has 282 valence electrons. The Morgan fingerprint density at radius 1 is 0.849 bits per heavy atom. The van der Waals surface area contributed by atoms with Crippen molar-refractivity contribution < 1.29 is 58.1 Å². The molecule has 15 nitrogen and oxygen atoms in total. The molecule has 0 unspecified atom stereocenters. The molecule has 0 bridgehead atoms. The van der Waals surface area contributed by atoms with E-state index in [1.165, 1.54) is 76.2 Å². The molecule has 1 amide bonds. The van der Waals surface area contributed by atoms with Gasteiger partial charge in [0.15, 0.2) is 0 Å². The van der Waals surface area contributed by atoms with E-state index in [0.29, 0.717) is 16.3 Å². The van der Waals surface area contributed by atoms with Crippen molar-refractivity contribution in [1.29, 1.82) is 0 Å². The number of nitrogens with one attached hydrogen (secondary N) is 2. The van der Waals surface area contributed by atoms with Gasteiger partial charge in [-0.3, -0.25) is 9.78 Å². The summed E-state index contributed by atoms with van der Waals surface area (Å²) in [5.41, 5.74) is 1.62. The maximum atomic E-state index is 14.4. The molecule has 4 atom stereocenters. The molecule has 2 aromatic heterocycles. The molecule has 0 radical (unpaired) electrons. The summed E-state index contributed by atoms with van der Waals surface area (Å²) in [5, 5.41) is 48.1. The van der Waals surface area contributed by atoms with Gasteiger partial charge in [0.2, 0.25) is 5.91 Å². The van der Waals surface area contributed by atoms with E-state index < -0.39 is 54.7 Å². The number of benzene rings is 2. The van der Waals surface area contributed by atoms with Crippen LogP contribution in [0, 0.1) is 5.82 Å². The second-order valence-electron chi connectivity index (χ2n) is 11.2. The number of esters is 2. The van der Waals surface area contributed by atoms with Crippen LogP contribution in [0.4, 0.5) is 15.8 Å². The summed E-state index contributed by atoms with van der Waals surface area (Å²) in [7, 11) is 3.84. The first-order valence-electron chi connectivity index (χ1n) is 15.6. The lowest BCUT2D eigenvalue weighted by molar-refractivity contribution is -0.113. The molecule has 18 heteroatoms. The van der Waals surface area contributed by atoms with Gasteiger partial charge < -0.3 is 50.0 Å². The van der Waals surface area contributed by atoms with Gasteiger partial charge in [0.25, 0.3) is 0 Å². The van der Waals surface area contributed by atoms with Crippen LogP contribution in [0.25, 0.3) is 11.3 Å². The summed E-state index contributed by atoms with van der Waals surface area (Å²) in [6, 6.07) is 12.7. The third-order valence-corrected chi connectivity index (χ3v) is 8.72. The van der Waals surface area contributed by atoms with E-state index in [0.717, 1.165) is 17.8 Å². The molecule has 2 aromatic carbocycles. The quantitative estimate of drug-likeness (QED) is 0.0671. The fraction of sp³-hybridized carbons (Fsp3) is 0.286. The Morgan fingerprint density at radius 2 is 1.51 bits per heavy atom. The summed E-state index contributed by atoms with van der Waals surface area (Å²) < 4.78 is 34.6. The minimum absolute atomic E-state index is 0.0179. The van der Waals surface area contributed by atoms with Crippen LogP contribution in [-0.4, -0.2) is 113 Å². The highest BCUT2D eigenvalue weighted by Crippen LogP contribution is 2.36. The minimum atomic E-state index is -1.88. The lowest BCUT2D eigenvalue weighted by atomic mass is 10.0. The number of methoxy groups -OCH3 is 3. The standard InChI is InChI=1S/C35H36ClFN4O11S/c1-49-29-12-28(23(36)11-25(29)41-30(44)17-53-31-7-5-19(14-40-31)35(48)51-3)52-16-27(43)33(46)32(45)26(42)15-38-22-9-20(8-21(37)10-22)24-6-4-18(13-39-24)34(47)50-2/h4-14,26-27,32-33,38,42-43,45-46H,15-17H2,1-3H3,(H,41,44)/t26-,27-,32-,33-/m1/s1. The van der Waals surface area contributed by atoms with E-state index in [1.807, 2.05) is 0 Å². The average Bonchev–Trinajstić information content (AvgIpc) is 3.17. The van der Waals surface area contributed by atoms with Crippen molar-refractivity contribution in [2.24, 2.45) is 0 Å². The molecule has 6 N–H and O–H groups in total. The summed E-state index contributed by atoms with van der Waals surface area (Å²) in [6.07, 6.45) is -4.44. The second kappa shape index (κ2) is 19.2. The van der Waals surface area contributed by atoms with Crippen molar-refractivity contribution in [3.8, 4) is 22.8 Å². The number of carbonyl (C=O) groups excluding carboxylic acids is 3. The van der Waals surface area contributed by atoms with Crippen molar-refractivity contribution >= 4 is 52.6 Å². The Bertz CT molecular complexity index is 1890. The number of hydrogen-bond acceptors (Lipinski definition) is 15. The Labute approximate surface area is 312 Å². The normalized spacial score (nSPS) is 13.2. The van der Waals surface area contributed by atoms with Crippen LogP contribution in [0.15, 0.2) is 72.0 Å². The monoisotopic (exact) mass is 774 g/mol. The van der Waals surface area contributed by atoms with Gasteiger partial charge >= 0.3 is 11.9 Å². The Balaban J connectivity index is 1.29. The summed E-state index contributed by atoms with van der Waals surface area (Å²) in [4.78, 5) is 44.1. The number of hydrogen-bond donors (Lipinski definition) is 6. The molecule has 0 spiro atoms. The van der Waals surface area contributed by atoms with Gasteiger partial charge in [-0.05, 0) is 48.5 Å². The van der Waals surface area contributed by atoms with Crippen molar-refractivity contribution in [2.75, 3.05) is 50.9 Å². The molecule has 4 aromatic rings. The summed E-state index contributed by atoms with van der Waals surface area (Å²) >= 11 is 7.48. The number of anilines is 2. The summed E-state index contributed by atoms with van der Waals surface area (Å²) in [5.74, 6) is -2.01. The van der Waals surface area contributed by atoms with Crippen LogP contribution < -0.4 is 20.1 Å². The number of thioether (sulfide) groups is 1. The first-order valence-corrected chi connectivity index (χ1v) is 17.0. The number of aliphatic hydroxyl groups excluding tert-OH is 4. The van der Waals surface area contributed by atoms with Crippen molar-refractivity contribution in [1.82, 2.24) is 9.97 Å². The van der Waals surface area contributed by atoms with Crippen LogP contribution in [0.2, 0.25) is 5.02 Å². The molecular formula is C35H36ClFN4O11S. The van der Waals surface area contributed by atoms with Crippen molar-refractivity contribution in [3.05, 3.63) is 89.0 Å². The van der Waals surface area contributed by atoms with Crippen LogP contribution in [-0.2, 0) is 14.3 Å². The molecule has 0 saturated carbocycles. The number of pyridine rings is 2. The summed E-state index contributed by atoms with van der Waals surface area (Å²) in [6.45, 7) is -0.920. The predicted molar refractivity (Wildman–Crippen MR) is 192 cm³/mol. The molecule has 0 aliphatic heterocycles. The molecule has 0 aliphatic carbocycles. The highest BCUT2D eigenvalue weighted by Gasteiger charge is 2.31. The molecule has 53 heavy (non-hydrogen) atoms. The number of nitrogens with zero attached hydrogens (tertiary/aromatic N) is 2. The second-order valence-corrected chi connectivity index (χ2v) is 12.6. The van der Waals surface area contributed by atoms with Crippen molar-refractivity contribution in [3.63, 3.8) is 0 Å².